The average Bonchev–Trinajstić information content (AvgIpc) is 2.85. The molecule has 94 valence electrons. The van der Waals surface area contributed by atoms with Crippen LogP contribution in [0.2, 0.25) is 0 Å². The highest BCUT2D eigenvalue weighted by Crippen LogP contribution is 2.27. The quantitative estimate of drug-likeness (QED) is 0.765. The summed E-state index contributed by atoms with van der Waals surface area (Å²) < 4.78 is 7.26. The molecular weight excluding hydrogens is 244 g/mol. The van der Waals surface area contributed by atoms with Gasteiger partial charge in [-0.3, -0.25) is 4.79 Å². The Labute approximate surface area is 103 Å². The summed E-state index contributed by atoms with van der Waals surface area (Å²) in [4.78, 5) is 10.5. The number of nitrogens with zero attached hydrogens (tertiary/aromatic N) is 4. The Morgan fingerprint density at radius 3 is 3.18 bits per heavy atom. The Bertz CT molecular complexity index is 403. The molecule has 1 aliphatic rings. The zero-order chi connectivity index (χ0) is 12.3. The number of tetrazole rings is 1. The lowest BCUT2D eigenvalue weighted by Crippen LogP contribution is -2.30. The third-order valence-electron chi connectivity index (χ3n) is 2.61. The van der Waals surface area contributed by atoms with E-state index in [4.69, 9.17) is 9.84 Å². The van der Waals surface area contributed by atoms with E-state index < -0.39 is 5.97 Å². The van der Waals surface area contributed by atoms with E-state index in [9.17, 15) is 4.79 Å². The minimum Gasteiger partial charge on any atom is -0.481 e. The van der Waals surface area contributed by atoms with Crippen LogP contribution in [-0.2, 0) is 16.1 Å². The van der Waals surface area contributed by atoms with Crippen molar-refractivity contribution in [3.05, 3.63) is 0 Å². The molecule has 1 N–H and O–H groups in total. The van der Waals surface area contributed by atoms with Gasteiger partial charge < -0.3 is 9.84 Å². The van der Waals surface area contributed by atoms with Crippen molar-refractivity contribution in [3.8, 4) is 0 Å². The predicted octanol–water partition coefficient (Wildman–Crippen LogP) is 0.419. The van der Waals surface area contributed by atoms with E-state index in [1.165, 1.54) is 0 Å². The van der Waals surface area contributed by atoms with Crippen LogP contribution in [-0.4, -0.2) is 49.2 Å². The molecular formula is C9H14N4O3S. The third kappa shape index (κ3) is 3.16. The largest absolute Gasteiger partial charge is 0.481 e. The maximum atomic E-state index is 10.5. The molecule has 7 nitrogen and oxygen atoms in total. The summed E-state index contributed by atoms with van der Waals surface area (Å²) >= 11 is 1.12. The normalized spacial score (nSPS) is 24.1. The molecule has 1 aliphatic heterocycles. The molecule has 0 radical (unpaired) electrons. The van der Waals surface area contributed by atoms with Crippen molar-refractivity contribution in [2.75, 3.05) is 12.4 Å². The molecule has 0 saturated carbocycles. The van der Waals surface area contributed by atoms with Gasteiger partial charge in [0, 0.05) is 6.61 Å². The van der Waals surface area contributed by atoms with E-state index in [-0.39, 0.29) is 11.4 Å². The molecule has 1 atom stereocenters. The fraction of sp³-hybridized carbons (Fsp3) is 0.778. The first-order chi connectivity index (χ1) is 8.09. The standard InChI is InChI=1S/C9H14N4O3S/c1-9(3-2-4-16-9)6-13-8(10-11-12-13)17-5-7(14)15/h2-6H2,1H3,(H,14,15). The van der Waals surface area contributed by atoms with Crippen LogP contribution in [0.25, 0.3) is 0 Å². The molecule has 0 amide bonds. The number of aliphatic carboxylic acids is 1. The summed E-state index contributed by atoms with van der Waals surface area (Å²) in [6, 6.07) is 0. The second-order valence-electron chi connectivity index (χ2n) is 4.20. The Hall–Kier alpha value is -1.15. The number of hydrogen-bond donors (Lipinski definition) is 1. The summed E-state index contributed by atoms with van der Waals surface area (Å²) in [5.74, 6) is -0.925. The summed E-state index contributed by atoms with van der Waals surface area (Å²) in [5, 5.41) is 20.4. The van der Waals surface area contributed by atoms with Crippen LogP contribution in [0.3, 0.4) is 0 Å². The molecule has 2 rings (SSSR count). The maximum Gasteiger partial charge on any atom is 0.313 e. The lowest BCUT2D eigenvalue weighted by atomic mass is 10.0. The van der Waals surface area contributed by atoms with Gasteiger partial charge in [-0.05, 0) is 30.2 Å². The van der Waals surface area contributed by atoms with Gasteiger partial charge in [-0.2, -0.15) is 0 Å². The number of hydrogen-bond acceptors (Lipinski definition) is 6. The van der Waals surface area contributed by atoms with Gasteiger partial charge in [0.25, 0.3) is 0 Å². The number of ether oxygens (including phenoxy) is 1. The van der Waals surface area contributed by atoms with Gasteiger partial charge in [0.1, 0.15) is 0 Å². The van der Waals surface area contributed by atoms with E-state index in [0.717, 1.165) is 31.2 Å². The van der Waals surface area contributed by atoms with Crippen molar-refractivity contribution in [2.24, 2.45) is 0 Å². The van der Waals surface area contributed by atoms with Crippen LogP contribution >= 0.6 is 11.8 Å². The van der Waals surface area contributed by atoms with Crippen LogP contribution in [0.4, 0.5) is 0 Å². The Kier molecular flexibility index (Phi) is 3.63. The molecule has 1 aromatic rings. The van der Waals surface area contributed by atoms with Crippen molar-refractivity contribution in [1.29, 1.82) is 0 Å². The first kappa shape index (κ1) is 12.3. The number of carboxylic acids is 1. The molecule has 1 saturated heterocycles. The third-order valence-corrected chi connectivity index (χ3v) is 3.55. The predicted molar refractivity (Wildman–Crippen MR) is 59.8 cm³/mol. The molecule has 2 heterocycles. The molecule has 1 fully saturated rings. The van der Waals surface area contributed by atoms with Gasteiger partial charge in [-0.25, -0.2) is 4.68 Å². The SMILES string of the molecule is CC1(Cn2nnnc2SCC(=O)O)CCCO1. The molecule has 17 heavy (non-hydrogen) atoms. The van der Waals surface area contributed by atoms with Gasteiger partial charge in [-0.1, -0.05) is 11.8 Å². The Morgan fingerprint density at radius 1 is 1.71 bits per heavy atom. The van der Waals surface area contributed by atoms with E-state index in [0.29, 0.717) is 11.7 Å². The highest BCUT2D eigenvalue weighted by Gasteiger charge is 2.31. The molecule has 0 aliphatic carbocycles. The van der Waals surface area contributed by atoms with E-state index in [1.807, 2.05) is 6.92 Å². The molecule has 0 bridgehead atoms. The zero-order valence-corrected chi connectivity index (χ0v) is 10.3. The number of aromatic nitrogens is 4. The topological polar surface area (TPSA) is 90.1 Å². The van der Waals surface area contributed by atoms with E-state index in [1.54, 1.807) is 4.68 Å². The lowest BCUT2D eigenvalue weighted by Gasteiger charge is -2.22. The van der Waals surface area contributed by atoms with Gasteiger partial charge >= 0.3 is 5.97 Å². The smallest absolute Gasteiger partial charge is 0.313 e. The second kappa shape index (κ2) is 5.01. The summed E-state index contributed by atoms with van der Waals surface area (Å²) in [6.45, 7) is 3.34. The highest BCUT2D eigenvalue weighted by molar-refractivity contribution is 7.99. The first-order valence-electron chi connectivity index (χ1n) is 5.34. The van der Waals surface area contributed by atoms with Gasteiger partial charge in [0.05, 0.1) is 17.9 Å². The minimum atomic E-state index is -0.882. The highest BCUT2D eigenvalue weighted by atomic mass is 32.2. The monoisotopic (exact) mass is 258 g/mol. The minimum absolute atomic E-state index is 0.0437. The second-order valence-corrected chi connectivity index (χ2v) is 5.15. The summed E-state index contributed by atoms with van der Waals surface area (Å²) in [6.07, 6.45) is 2.01. The zero-order valence-electron chi connectivity index (χ0n) is 9.50. The van der Waals surface area contributed by atoms with Crippen molar-refractivity contribution in [2.45, 2.75) is 37.1 Å². The number of rotatable bonds is 5. The van der Waals surface area contributed by atoms with Gasteiger partial charge in [0.2, 0.25) is 5.16 Å². The average molecular weight is 258 g/mol. The Morgan fingerprint density at radius 2 is 2.53 bits per heavy atom. The molecule has 1 unspecified atom stereocenters. The molecule has 0 spiro atoms. The fourth-order valence-corrected chi connectivity index (χ4v) is 2.40. The van der Waals surface area contributed by atoms with Crippen molar-refractivity contribution >= 4 is 17.7 Å². The van der Waals surface area contributed by atoms with Crippen LogP contribution in [0, 0.1) is 0 Å². The van der Waals surface area contributed by atoms with E-state index >= 15 is 0 Å². The summed E-state index contributed by atoms with van der Waals surface area (Å²) in [7, 11) is 0. The van der Waals surface area contributed by atoms with Crippen LogP contribution in [0.1, 0.15) is 19.8 Å². The number of carbonyl (C=O) groups is 1. The van der Waals surface area contributed by atoms with Gasteiger partial charge in [-0.15, -0.1) is 5.10 Å². The molecule has 8 heteroatoms. The molecule has 1 aromatic heterocycles. The molecule has 0 aromatic carbocycles. The maximum absolute atomic E-state index is 10.5. The summed E-state index contributed by atoms with van der Waals surface area (Å²) in [5.41, 5.74) is -0.242. The fourth-order valence-electron chi connectivity index (χ4n) is 1.80. The van der Waals surface area contributed by atoms with Crippen molar-refractivity contribution < 1.29 is 14.6 Å². The number of thioether (sulfide) groups is 1. The van der Waals surface area contributed by atoms with Gasteiger partial charge in [0.15, 0.2) is 0 Å². The van der Waals surface area contributed by atoms with Crippen molar-refractivity contribution in [1.82, 2.24) is 20.2 Å². The number of carboxylic acid groups (broad SMARTS) is 1. The Balaban J connectivity index is 2.00. The van der Waals surface area contributed by atoms with E-state index in [2.05, 4.69) is 15.5 Å². The first-order valence-corrected chi connectivity index (χ1v) is 6.32. The van der Waals surface area contributed by atoms with Crippen LogP contribution in [0.5, 0.6) is 0 Å². The lowest BCUT2D eigenvalue weighted by molar-refractivity contribution is -0.133. The van der Waals surface area contributed by atoms with Crippen LogP contribution in [0.15, 0.2) is 5.16 Å². The van der Waals surface area contributed by atoms with Crippen LogP contribution < -0.4 is 0 Å². The van der Waals surface area contributed by atoms with Crippen molar-refractivity contribution in [3.63, 3.8) is 0 Å².